The monoisotopic (exact) mass is 254 g/mol. The van der Waals surface area contributed by atoms with Gasteiger partial charge in [0, 0.05) is 27.1 Å². The number of ether oxygens (including phenoxy) is 1. The molecule has 2 atom stereocenters. The highest BCUT2D eigenvalue weighted by Crippen LogP contribution is 2.29. The van der Waals surface area contributed by atoms with E-state index in [2.05, 4.69) is 10.3 Å². The second kappa shape index (κ2) is 4.93. The molecule has 0 spiro atoms. The molecule has 1 aliphatic rings. The smallest absolute Gasteiger partial charge is 0.381 e. The van der Waals surface area contributed by atoms with Gasteiger partial charge in [0.25, 0.3) is 0 Å². The van der Waals surface area contributed by atoms with Crippen molar-refractivity contribution in [3.05, 3.63) is 15.9 Å². The number of hydrogen-bond acceptors (Lipinski definition) is 5. The lowest BCUT2D eigenvalue weighted by Crippen LogP contribution is -2.19. The van der Waals surface area contributed by atoms with Crippen molar-refractivity contribution < 1.29 is 9.66 Å². The lowest BCUT2D eigenvalue weighted by Gasteiger charge is -2.13. The molecule has 0 bridgehead atoms. The van der Waals surface area contributed by atoms with E-state index in [1.807, 2.05) is 0 Å². The zero-order valence-corrected chi connectivity index (χ0v) is 10.8. The largest absolute Gasteiger partial charge is 0.406 e. The Hall–Kier alpha value is -1.63. The fourth-order valence-corrected chi connectivity index (χ4v) is 2.36. The van der Waals surface area contributed by atoms with E-state index in [0.29, 0.717) is 11.6 Å². The first-order valence-corrected chi connectivity index (χ1v) is 6.00. The molecule has 2 rings (SSSR count). The molecule has 2 unspecified atom stereocenters. The van der Waals surface area contributed by atoms with Gasteiger partial charge in [-0.25, -0.2) is 0 Å². The molecule has 1 aliphatic carbocycles. The molecule has 0 aliphatic heterocycles. The van der Waals surface area contributed by atoms with Crippen LogP contribution in [-0.4, -0.2) is 33.7 Å². The standard InChI is InChI=1S/C11H18N4O3/c1-7-12-11(15(16)17)10(14(7)2)13-8-4-5-9(6-8)18-3/h8-9,13H,4-6H2,1-3H3. The first-order valence-electron chi connectivity index (χ1n) is 6.00. The van der Waals surface area contributed by atoms with Gasteiger partial charge in [0.1, 0.15) is 0 Å². The summed E-state index contributed by atoms with van der Waals surface area (Å²) in [5, 5.41) is 14.2. The van der Waals surface area contributed by atoms with Gasteiger partial charge in [0.15, 0.2) is 0 Å². The van der Waals surface area contributed by atoms with Crippen molar-refractivity contribution in [1.29, 1.82) is 0 Å². The predicted octanol–water partition coefficient (Wildman–Crippen LogP) is 1.62. The Morgan fingerprint density at radius 2 is 2.28 bits per heavy atom. The second-order valence-electron chi connectivity index (χ2n) is 4.66. The van der Waals surface area contributed by atoms with E-state index < -0.39 is 4.92 Å². The molecule has 0 amide bonds. The van der Waals surface area contributed by atoms with Crippen molar-refractivity contribution in [1.82, 2.24) is 9.55 Å². The van der Waals surface area contributed by atoms with Gasteiger partial charge in [-0.05, 0) is 29.2 Å². The lowest BCUT2D eigenvalue weighted by atomic mass is 10.2. The van der Waals surface area contributed by atoms with Crippen LogP contribution < -0.4 is 5.32 Å². The highest BCUT2D eigenvalue weighted by molar-refractivity contribution is 5.54. The average Bonchev–Trinajstić information content (AvgIpc) is 2.89. The number of aryl methyl sites for hydroxylation is 1. The Labute approximate surface area is 105 Å². The van der Waals surface area contributed by atoms with Crippen molar-refractivity contribution in [2.45, 2.75) is 38.3 Å². The lowest BCUT2D eigenvalue weighted by molar-refractivity contribution is -0.388. The van der Waals surface area contributed by atoms with Crippen LogP contribution in [0.2, 0.25) is 0 Å². The molecule has 0 aromatic carbocycles. The van der Waals surface area contributed by atoms with E-state index in [1.54, 1.807) is 25.6 Å². The van der Waals surface area contributed by atoms with Crippen molar-refractivity contribution in [3.63, 3.8) is 0 Å². The summed E-state index contributed by atoms with van der Waals surface area (Å²) in [5.74, 6) is 1.01. The van der Waals surface area contributed by atoms with Crippen molar-refractivity contribution in [2.75, 3.05) is 12.4 Å². The average molecular weight is 254 g/mol. The first-order chi connectivity index (χ1) is 8.52. The SMILES string of the molecule is COC1CCC(Nc2c([N+](=O)[O-])nc(C)n2C)C1. The zero-order valence-electron chi connectivity index (χ0n) is 10.8. The molecule has 1 aromatic heterocycles. The van der Waals surface area contributed by atoms with Crippen molar-refractivity contribution >= 4 is 11.6 Å². The summed E-state index contributed by atoms with van der Waals surface area (Å²) in [5.41, 5.74) is 0. The minimum Gasteiger partial charge on any atom is -0.381 e. The highest BCUT2D eigenvalue weighted by Gasteiger charge is 2.29. The van der Waals surface area contributed by atoms with Crippen LogP contribution in [0.5, 0.6) is 0 Å². The summed E-state index contributed by atoms with van der Waals surface area (Å²) in [4.78, 5) is 14.5. The molecule has 100 valence electrons. The Morgan fingerprint density at radius 3 is 2.83 bits per heavy atom. The second-order valence-corrected chi connectivity index (χ2v) is 4.66. The minimum atomic E-state index is -0.446. The predicted molar refractivity (Wildman–Crippen MR) is 66.7 cm³/mol. The number of anilines is 1. The fourth-order valence-electron chi connectivity index (χ4n) is 2.36. The Bertz CT molecular complexity index is 457. The fraction of sp³-hybridized carbons (Fsp3) is 0.727. The highest BCUT2D eigenvalue weighted by atomic mass is 16.6. The van der Waals surface area contributed by atoms with Gasteiger partial charge in [0.2, 0.25) is 11.6 Å². The number of aromatic nitrogens is 2. The van der Waals surface area contributed by atoms with Gasteiger partial charge < -0.3 is 20.2 Å². The molecule has 7 heteroatoms. The summed E-state index contributed by atoms with van der Waals surface area (Å²) in [6.07, 6.45) is 3.06. The molecule has 18 heavy (non-hydrogen) atoms. The summed E-state index contributed by atoms with van der Waals surface area (Å²) < 4.78 is 7.02. The molecular weight excluding hydrogens is 236 g/mol. The van der Waals surface area contributed by atoms with Crippen LogP contribution >= 0.6 is 0 Å². The Kier molecular flexibility index (Phi) is 3.51. The van der Waals surface area contributed by atoms with E-state index in [-0.39, 0.29) is 18.0 Å². The van der Waals surface area contributed by atoms with E-state index in [4.69, 9.17) is 4.74 Å². The third kappa shape index (κ3) is 2.31. The number of nitrogens with one attached hydrogen (secondary N) is 1. The van der Waals surface area contributed by atoms with Crippen LogP contribution in [0.25, 0.3) is 0 Å². The van der Waals surface area contributed by atoms with E-state index >= 15 is 0 Å². The number of imidazole rings is 1. The zero-order chi connectivity index (χ0) is 13.3. The summed E-state index contributed by atoms with van der Waals surface area (Å²) >= 11 is 0. The molecule has 0 saturated heterocycles. The maximum Gasteiger partial charge on any atom is 0.406 e. The number of nitrogens with zero attached hydrogens (tertiary/aromatic N) is 3. The number of methoxy groups -OCH3 is 1. The van der Waals surface area contributed by atoms with Gasteiger partial charge in [-0.15, -0.1) is 0 Å². The van der Waals surface area contributed by atoms with Crippen molar-refractivity contribution in [2.24, 2.45) is 7.05 Å². The number of rotatable bonds is 4. The van der Waals surface area contributed by atoms with Gasteiger partial charge in [-0.1, -0.05) is 0 Å². The third-order valence-electron chi connectivity index (χ3n) is 3.53. The number of hydrogen-bond donors (Lipinski definition) is 1. The van der Waals surface area contributed by atoms with Crippen LogP contribution in [0.3, 0.4) is 0 Å². The van der Waals surface area contributed by atoms with Crippen LogP contribution in [-0.2, 0) is 11.8 Å². The summed E-state index contributed by atoms with van der Waals surface area (Å²) in [7, 11) is 3.48. The Balaban J connectivity index is 2.16. The minimum absolute atomic E-state index is 0.101. The summed E-state index contributed by atoms with van der Waals surface area (Å²) in [6.45, 7) is 1.75. The van der Waals surface area contributed by atoms with Gasteiger partial charge >= 0.3 is 5.82 Å². The first kappa shape index (κ1) is 12.8. The number of nitro groups is 1. The van der Waals surface area contributed by atoms with Gasteiger partial charge in [0.05, 0.1) is 6.10 Å². The van der Waals surface area contributed by atoms with Crippen molar-refractivity contribution in [3.8, 4) is 0 Å². The topological polar surface area (TPSA) is 82.2 Å². The maximum atomic E-state index is 10.9. The molecule has 1 heterocycles. The third-order valence-corrected chi connectivity index (χ3v) is 3.53. The maximum absolute atomic E-state index is 10.9. The summed E-state index contributed by atoms with van der Waals surface area (Å²) in [6, 6.07) is 0.212. The molecule has 1 saturated carbocycles. The van der Waals surface area contributed by atoms with Crippen LogP contribution in [0, 0.1) is 17.0 Å². The Morgan fingerprint density at radius 1 is 1.56 bits per heavy atom. The van der Waals surface area contributed by atoms with Gasteiger partial charge in [-0.3, -0.25) is 4.57 Å². The van der Waals surface area contributed by atoms with Crippen LogP contribution in [0.4, 0.5) is 11.6 Å². The molecule has 0 radical (unpaired) electrons. The molecular formula is C11H18N4O3. The normalized spacial score (nSPS) is 23.3. The molecule has 1 fully saturated rings. The molecule has 7 nitrogen and oxygen atoms in total. The van der Waals surface area contributed by atoms with E-state index in [9.17, 15) is 10.1 Å². The van der Waals surface area contributed by atoms with E-state index in [1.165, 1.54) is 0 Å². The van der Waals surface area contributed by atoms with E-state index in [0.717, 1.165) is 19.3 Å². The van der Waals surface area contributed by atoms with Crippen LogP contribution in [0.1, 0.15) is 25.1 Å². The van der Waals surface area contributed by atoms with Crippen LogP contribution in [0.15, 0.2) is 0 Å². The molecule has 1 N–H and O–H groups in total. The van der Waals surface area contributed by atoms with Gasteiger partial charge in [-0.2, -0.15) is 0 Å². The molecule has 1 aromatic rings. The quantitative estimate of drug-likeness (QED) is 0.652.